The second-order valence-electron chi connectivity index (χ2n) is 8.83. The monoisotopic (exact) mass is 453 g/mol. The van der Waals surface area contributed by atoms with E-state index in [2.05, 4.69) is 10.6 Å². The van der Waals surface area contributed by atoms with Crippen molar-refractivity contribution < 1.29 is 19.5 Å². The van der Waals surface area contributed by atoms with Crippen LogP contribution in [0.5, 0.6) is 0 Å². The Labute approximate surface area is 190 Å². The lowest BCUT2D eigenvalue weighted by Crippen LogP contribution is -2.55. The van der Waals surface area contributed by atoms with Crippen LogP contribution in [0.2, 0.25) is 5.02 Å². The first kappa shape index (κ1) is 21.1. The zero-order valence-corrected chi connectivity index (χ0v) is 18.5. The minimum absolute atomic E-state index is 0.228. The van der Waals surface area contributed by atoms with Gasteiger partial charge in [-0.1, -0.05) is 48.0 Å². The molecule has 2 aromatic rings. The number of amides is 3. The third kappa shape index (κ3) is 2.78. The molecule has 0 bridgehead atoms. The molecule has 3 aliphatic heterocycles. The minimum atomic E-state index is -1.43. The van der Waals surface area contributed by atoms with Gasteiger partial charge in [-0.2, -0.15) is 0 Å². The number of hydrogen-bond donors (Lipinski definition) is 3. The van der Waals surface area contributed by atoms with Crippen LogP contribution in [0, 0.1) is 18.8 Å². The number of fused-ring (bicyclic) bond motifs is 4. The summed E-state index contributed by atoms with van der Waals surface area (Å²) in [6.45, 7) is 3.59. The molecule has 0 aliphatic carbocycles. The SMILES string of the molecule is Cc1c(Cl)ccc2c1NC(=O)[C@]21N[C@@H]([C@@H](C)O)[C@H]2C(=O)N(CCc3ccccc3)C(=O)[C@@H]21. The van der Waals surface area contributed by atoms with Crippen LogP contribution in [0.25, 0.3) is 0 Å². The van der Waals surface area contributed by atoms with Crippen molar-refractivity contribution in [3.8, 4) is 0 Å². The van der Waals surface area contributed by atoms with Gasteiger partial charge < -0.3 is 10.4 Å². The van der Waals surface area contributed by atoms with Gasteiger partial charge in [-0.3, -0.25) is 24.6 Å². The van der Waals surface area contributed by atoms with Crippen LogP contribution in [0.4, 0.5) is 5.69 Å². The van der Waals surface area contributed by atoms with Crippen molar-refractivity contribution in [1.82, 2.24) is 10.2 Å². The molecule has 0 aromatic heterocycles. The zero-order chi connectivity index (χ0) is 22.8. The molecule has 2 saturated heterocycles. The summed E-state index contributed by atoms with van der Waals surface area (Å²) >= 11 is 6.26. The van der Waals surface area contributed by atoms with Gasteiger partial charge in [-0.15, -0.1) is 0 Å². The molecule has 1 spiro atoms. The first-order valence-electron chi connectivity index (χ1n) is 10.7. The van der Waals surface area contributed by atoms with Crippen molar-refractivity contribution in [2.75, 3.05) is 11.9 Å². The third-order valence-corrected chi connectivity index (χ3v) is 7.51. The summed E-state index contributed by atoms with van der Waals surface area (Å²) < 4.78 is 0. The van der Waals surface area contributed by atoms with E-state index < -0.39 is 35.4 Å². The largest absolute Gasteiger partial charge is 0.392 e. The quantitative estimate of drug-likeness (QED) is 0.615. The number of imide groups is 1. The van der Waals surface area contributed by atoms with Gasteiger partial charge in [0.25, 0.3) is 0 Å². The lowest BCUT2D eigenvalue weighted by atomic mass is 9.76. The number of nitrogens with zero attached hydrogens (tertiary/aromatic N) is 1. The Balaban J connectivity index is 1.57. The maximum Gasteiger partial charge on any atom is 0.250 e. The lowest BCUT2D eigenvalue weighted by molar-refractivity contribution is -0.143. The smallest absolute Gasteiger partial charge is 0.250 e. The number of nitrogens with one attached hydrogen (secondary N) is 2. The predicted octanol–water partition coefficient (Wildman–Crippen LogP) is 1.99. The fourth-order valence-electron chi connectivity index (χ4n) is 5.50. The molecule has 3 heterocycles. The van der Waals surface area contributed by atoms with Gasteiger partial charge in [0.15, 0.2) is 0 Å². The highest BCUT2D eigenvalue weighted by atomic mass is 35.5. The van der Waals surface area contributed by atoms with Crippen LogP contribution in [0.15, 0.2) is 42.5 Å². The molecule has 32 heavy (non-hydrogen) atoms. The fraction of sp³-hybridized carbons (Fsp3) is 0.375. The number of aliphatic hydroxyl groups is 1. The number of aliphatic hydroxyl groups excluding tert-OH is 1. The van der Waals surface area contributed by atoms with Gasteiger partial charge >= 0.3 is 0 Å². The van der Waals surface area contributed by atoms with Gasteiger partial charge in [0.05, 0.1) is 23.6 Å². The Kier molecular flexibility index (Phi) is 4.89. The number of benzene rings is 2. The molecule has 3 aliphatic rings. The van der Waals surface area contributed by atoms with E-state index in [0.717, 1.165) is 5.56 Å². The van der Waals surface area contributed by atoms with E-state index in [0.29, 0.717) is 28.3 Å². The average molecular weight is 454 g/mol. The first-order chi connectivity index (χ1) is 15.3. The lowest BCUT2D eigenvalue weighted by Gasteiger charge is -2.30. The molecule has 0 saturated carbocycles. The second kappa shape index (κ2) is 7.40. The van der Waals surface area contributed by atoms with Gasteiger partial charge in [0.1, 0.15) is 5.54 Å². The van der Waals surface area contributed by atoms with E-state index in [-0.39, 0.29) is 18.4 Å². The summed E-state index contributed by atoms with van der Waals surface area (Å²) in [4.78, 5) is 41.7. The van der Waals surface area contributed by atoms with Crippen LogP contribution in [0.3, 0.4) is 0 Å². The summed E-state index contributed by atoms with van der Waals surface area (Å²) in [6.07, 6.45) is -0.410. The molecule has 2 fully saturated rings. The van der Waals surface area contributed by atoms with Crippen LogP contribution in [-0.4, -0.2) is 46.4 Å². The molecule has 5 atom stereocenters. The highest BCUT2D eigenvalue weighted by Crippen LogP contribution is 2.54. The van der Waals surface area contributed by atoms with E-state index in [4.69, 9.17) is 11.6 Å². The Hall–Kier alpha value is -2.74. The normalized spacial score (nSPS) is 29.4. The summed E-state index contributed by atoms with van der Waals surface area (Å²) in [5, 5.41) is 17.0. The maximum atomic E-state index is 13.6. The molecule has 3 N–H and O–H groups in total. The third-order valence-electron chi connectivity index (χ3n) is 7.10. The number of rotatable bonds is 4. The molecule has 166 valence electrons. The van der Waals surface area contributed by atoms with E-state index in [9.17, 15) is 19.5 Å². The van der Waals surface area contributed by atoms with E-state index >= 15 is 0 Å². The highest BCUT2D eigenvalue weighted by molar-refractivity contribution is 6.32. The molecule has 7 nitrogen and oxygen atoms in total. The Morgan fingerprint density at radius 3 is 2.53 bits per heavy atom. The van der Waals surface area contributed by atoms with Crippen LogP contribution in [0.1, 0.15) is 23.6 Å². The predicted molar refractivity (Wildman–Crippen MR) is 119 cm³/mol. The minimum Gasteiger partial charge on any atom is -0.392 e. The van der Waals surface area contributed by atoms with Crippen molar-refractivity contribution >= 4 is 35.0 Å². The zero-order valence-electron chi connectivity index (χ0n) is 17.8. The number of halogens is 1. The number of carbonyl (C=O) groups excluding carboxylic acids is 3. The van der Waals surface area contributed by atoms with E-state index in [1.54, 1.807) is 26.0 Å². The summed E-state index contributed by atoms with van der Waals surface area (Å²) in [5.41, 5.74) is 1.44. The first-order valence-corrected chi connectivity index (χ1v) is 11.1. The van der Waals surface area contributed by atoms with Crippen molar-refractivity contribution in [2.45, 2.75) is 38.0 Å². The van der Waals surface area contributed by atoms with Crippen LogP contribution >= 0.6 is 11.6 Å². The maximum absolute atomic E-state index is 13.6. The van der Waals surface area contributed by atoms with E-state index in [1.165, 1.54) is 4.90 Å². The summed E-state index contributed by atoms with van der Waals surface area (Å²) in [5.74, 6) is -2.90. The molecule has 3 amide bonds. The van der Waals surface area contributed by atoms with Crippen molar-refractivity contribution in [3.63, 3.8) is 0 Å². The average Bonchev–Trinajstić information content (AvgIpc) is 3.36. The fourth-order valence-corrected chi connectivity index (χ4v) is 5.66. The molecule has 5 rings (SSSR count). The van der Waals surface area contributed by atoms with Crippen molar-refractivity contribution in [1.29, 1.82) is 0 Å². The van der Waals surface area contributed by atoms with Crippen molar-refractivity contribution in [2.24, 2.45) is 11.8 Å². The topological polar surface area (TPSA) is 98.7 Å². The number of carbonyl (C=O) groups is 3. The Bertz CT molecular complexity index is 1140. The Morgan fingerprint density at radius 1 is 1.12 bits per heavy atom. The molecule has 8 heteroatoms. The summed E-state index contributed by atoms with van der Waals surface area (Å²) in [7, 11) is 0. The van der Waals surface area contributed by atoms with E-state index in [1.807, 2.05) is 30.3 Å². The van der Waals surface area contributed by atoms with Gasteiger partial charge in [0, 0.05) is 23.2 Å². The Morgan fingerprint density at radius 2 is 1.84 bits per heavy atom. The van der Waals surface area contributed by atoms with Crippen LogP contribution < -0.4 is 10.6 Å². The van der Waals surface area contributed by atoms with Crippen LogP contribution in [-0.2, 0) is 26.3 Å². The molecule has 0 radical (unpaired) electrons. The molecular formula is C24H24ClN3O4. The molecular weight excluding hydrogens is 430 g/mol. The van der Waals surface area contributed by atoms with Gasteiger partial charge in [-0.05, 0) is 37.5 Å². The standard InChI is InChI=1S/C24H24ClN3O4/c1-12-16(25)9-8-15-19(12)26-23(32)24(15)18-17(20(27-24)13(2)29)21(30)28(22(18)31)11-10-14-6-4-3-5-7-14/h3-9,13,17-18,20,27,29H,10-11H2,1-2H3,(H,26,32)/t13-,17+,18-,20+,24+/m1/s1. The highest BCUT2D eigenvalue weighted by Gasteiger charge is 2.71. The molecule has 0 unspecified atom stereocenters. The van der Waals surface area contributed by atoms with Crippen molar-refractivity contribution in [3.05, 3.63) is 64.2 Å². The number of hydrogen-bond acceptors (Lipinski definition) is 5. The number of likely N-dealkylation sites (tertiary alicyclic amines) is 1. The second-order valence-corrected chi connectivity index (χ2v) is 9.24. The number of anilines is 1. The summed E-state index contributed by atoms with van der Waals surface area (Å²) in [6, 6.07) is 12.3. The van der Waals surface area contributed by atoms with Gasteiger partial charge in [-0.25, -0.2) is 0 Å². The molecule has 2 aromatic carbocycles. The van der Waals surface area contributed by atoms with Gasteiger partial charge in [0.2, 0.25) is 17.7 Å².